The van der Waals surface area contributed by atoms with E-state index in [1.54, 1.807) is 0 Å². The van der Waals surface area contributed by atoms with Crippen LogP contribution in [0.3, 0.4) is 0 Å². The summed E-state index contributed by atoms with van der Waals surface area (Å²) in [7, 11) is 0. The fourth-order valence-corrected chi connectivity index (χ4v) is 2.75. The van der Waals surface area contributed by atoms with E-state index in [0.29, 0.717) is 11.5 Å². The van der Waals surface area contributed by atoms with E-state index in [0.717, 1.165) is 0 Å². The average Bonchev–Trinajstić information content (AvgIpc) is 3.27. The van der Waals surface area contributed by atoms with Crippen molar-refractivity contribution in [2.45, 2.75) is 45.9 Å². The van der Waals surface area contributed by atoms with Gasteiger partial charge in [-0.3, -0.25) is 9.89 Å². The highest BCUT2D eigenvalue weighted by atomic mass is 19.4. The number of nitrogens with zero attached hydrogens (tertiary/aromatic N) is 1. The number of benzene rings is 1. The summed E-state index contributed by atoms with van der Waals surface area (Å²) in [5.41, 5.74) is -0.340. The topological polar surface area (TPSA) is 80.2 Å². The van der Waals surface area contributed by atoms with Crippen LogP contribution < -0.4 is 10.1 Å². The van der Waals surface area contributed by atoms with Crippen LogP contribution in [0.5, 0.6) is 5.75 Å². The first-order valence-corrected chi connectivity index (χ1v) is 9.20. The molecule has 2 heterocycles. The van der Waals surface area contributed by atoms with Gasteiger partial charge in [0.1, 0.15) is 18.1 Å². The number of ether oxygens (including phenoxy) is 1. The van der Waals surface area contributed by atoms with E-state index in [1.807, 2.05) is 24.3 Å². The van der Waals surface area contributed by atoms with Gasteiger partial charge < -0.3 is 14.5 Å². The van der Waals surface area contributed by atoms with Gasteiger partial charge in [0.15, 0.2) is 11.5 Å². The SMILES string of the molecule is Cc1[nH]nc(C(F)(F)F)c1NC(=O)c1ccc(COc2ccc(C(C)(C)C)cc2)o1. The van der Waals surface area contributed by atoms with E-state index in [-0.39, 0.29) is 23.5 Å². The molecule has 0 unspecified atom stereocenters. The van der Waals surface area contributed by atoms with Crippen LogP contribution in [0.1, 0.15) is 54.0 Å². The molecule has 2 aromatic heterocycles. The van der Waals surface area contributed by atoms with E-state index in [9.17, 15) is 18.0 Å². The molecule has 6 nitrogen and oxygen atoms in total. The zero-order chi connectivity index (χ0) is 22.1. The Bertz CT molecular complexity index is 1030. The molecule has 1 aromatic carbocycles. The fraction of sp³-hybridized carbons (Fsp3) is 0.333. The molecule has 0 saturated heterocycles. The van der Waals surface area contributed by atoms with Crippen molar-refractivity contribution < 1.29 is 27.1 Å². The van der Waals surface area contributed by atoms with Gasteiger partial charge in [-0.05, 0) is 42.2 Å². The number of halogens is 3. The van der Waals surface area contributed by atoms with Crippen molar-refractivity contribution in [3.63, 3.8) is 0 Å². The number of hydrogen-bond donors (Lipinski definition) is 2. The van der Waals surface area contributed by atoms with Gasteiger partial charge in [-0.15, -0.1) is 0 Å². The van der Waals surface area contributed by atoms with Crippen LogP contribution >= 0.6 is 0 Å². The molecule has 0 aliphatic heterocycles. The van der Waals surface area contributed by atoms with Crippen LogP contribution in [-0.4, -0.2) is 16.1 Å². The van der Waals surface area contributed by atoms with Crippen molar-refractivity contribution in [2.75, 3.05) is 5.32 Å². The molecule has 160 valence electrons. The van der Waals surface area contributed by atoms with Crippen molar-refractivity contribution in [1.29, 1.82) is 0 Å². The predicted molar refractivity (Wildman–Crippen MR) is 104 cm³/mol. The third kappa shape index (κ3) is 4.84. The Balaban J connectivity index is 1.64. The van der Waals surface area contributed by atoms with Gasteiger partial charge in [-0.1, -0.05) is 32.9 Å². The smallest absolute Gasteiger partial charge is 0.437 e. The van der Waals surface area contributed by atoms with Crippen molar-refractivity contribution >= 4 is 11.6 Å². The Morgan fingerprint density at radius 2 is 1.80 bits per heavy atom. The van der Waals surface area contributed by atoms with Crippen molar-refractivity contribution in [3.05, 3.63) is 64.9 Å². The van der Waals surface area contributed by atoms with Gasteiger partial charge in [0, 0.05) is 0 Å². The standard InChI is InChI=1S/C21H22F3N3O3/c1-12-17(18(27-26-12)21(22,23)24)25-19(28)16-10-9-15(30-16)11-29-14-7-5-13(6-8-14)20(2,3)4/h5-10H,11H2,1-4H3,(H,25,28)(H,26,27). The van der Waals surface area contributed by atoms with E-state index < -0.39 is 23.5 Å². The minimum Gasteiger partial charge on any atom is -0.486 e. The average molecular weight is 421 g/mol. The molecule has 0 fully saturated rings. The molecule has 0 aliphatic rings. The summed E-state index contributed by atoms with van der Waals surface area (Å²) in [5, 5.41) is 7.63. The fourth-order valence-electron chi connectivity index (χ4n) is 2.75. The first-order valence-electron chi connectivity index (χ1n) is 9.20. The zero-order valence-electron chi connectivity index (χ0n) is 17.0. The summed E-state index contributed by atoms with van der Waals surface area (Å²) < 4.78 is 50.1. The summed E-state index contributed by atoms with van der Waals surface area (Å²) in [4.78, 5) is 12.3. The largest absolute Gasteiger partial charge is 0.486 e. The minimum atomic E-state index is -4.70. The maximum Gasteiger partial charge on any atom is 0.437 e. The van der Waals surface area contributed by atoms with Gasteiger partial charge >= 0.3 is 6.18 Å². The van der Waals surface area contributed by atoms with E-state index in [2.05, 4.69) is 36.3 Å². The van der Waals surface area contributed by atoms with E-state index >= 15 is 0 Å². The lowest BCUT2D eigenvalue weighted by molar-refractivity contribution is -0.140. The first kappa shape index (κ1) is 21.5. The number of aryl methyl sites for hydroxylation is 1. The third-order valence-corrected chi connectivity index (χ3v) is 4.44. The molecule has 0 atom stereocenters. The number of anilines is 1. The second-order valence-corrected chi connectivity index (χ2v) is 7.85. The minimum absolute atomic E-state index is 0.0289. The number of aromatic amines is 1. The molecule has 30 heavy (non-hydrogen) atoms. The lowest BCUT2D eigenvalue weighted by Crippen LogP contribution is -2.16. The van der Waals surface area contributed by atoms with Crippen LogP contribution in [0, 0.1) is 6.92 Å². The maximum absolute atomic E-state index is 13.0. The Labute approximate surface area is 171 Å². The number of aromatic nitrogens is 2. The van der Waals surface area contributed by atoms with Crippen LogP contribution in [0.25, 0.3) is 0 Å². The molecule has 9 heteroatoms. The Hall–Kier alpha value is -3.23. The molecule has 0 aliphatic carbocycles. The van der Waals surface area contributed by atoms with Crippen LogP contribution in [0.2, 0.25) is 0 Å². The normalized spacial score (nSPS) is 12.1. The molecule has 0 spiro atoms. The number of furan rings is 1. The first-order chi connectivity index (χ1) is 13.9. The molecule has 0 radical (unpaired) electrons. The van der Waals surface area contributed by atoms with Crippen molar-refractivity contribution in [3.8, 4) is 5.75 Å². The number of rotatable bonds is 5. The van der Waals surface area contributed by atoms with Gasteiger partial charge in [-0.25, -0.2) is 0 Å². The number of nitrogens with one attached hydrogen (secondary N) is 2. The summed E-state index contributed by atoms with van der Waals surface area (Å²) in [6.45, 7) is 7.79. The second-order valence-electron chi connectivity index (χ2n) is 7.85. The molecule has 0 bridgehead atoms. The number of carbonyl (C=O) groups is 1. The Kier molecular flexibility index (Phi) is 5.65. The van der Waals surface area contributed by atoms with Gasteiger partial charge in [-0.2, -0.15) is 18.3 Å². The number of alkyl halides is 3. The van der Waals surface area contributed by atoms with Crippen molar-refractivity contribution in [1.82, 2.24) is 10.2 Å². The molecule has 2 N–H and O–H groups in total. The highest BCUT2D eigenvalue weighted by molar-refractivity contribution is 6.03. The highest BCUT2D eigenvalue weighted by Gasteiger charge is 2.38. The lowest BCUT2D eigenvalue weighted by atomic mass is 9.87. The van der Waals surface area contributed by atoms with Gasteiger partial charge in [0.05, 0.1) is 11.4 Å². The van der Waals surface area contributed by atoms with Gasteiger partial charge in [0.2, 0.25) is 0 Å². The molecule has 3 rings (SSSR count). The Morgan fingerprint density at radius 3 is 2.40 bits per heavy atom. The number of carbonyl (C=O) groups excluding carboxylic acids is 1. The maximum atomic E-state index is 13.0. The molecule has 0 saturated carbocycles. The Morgan fingerprint density at radius 1 is 1.13 bits per heavy atom. The molecule has 3 aromatic rings. The second kappa shape index (κ2) is 7.89. The molecule has 1 amide bonds. The van der Waals surface area contributed by atoms with E-state index in [4.69, 9.17) is 9.15 Å². The number of hydrogen-bond acceptors (Lipinski definition) is 4. The predicted octanol–water partition coefficient (Wildman–Crippen LogP) is 5.46. The van der Waals surface area contributed by atoms with Crippen LogP contribution in [0.15, 0.2) is 40.8 Å². The van der Waals surface area contributed by atoms with E-state index in [1.165, 1.54) is 24.6 Å². The van der Waals surface area contributed by atoms with Crippen molar-refractivity contribution in [2.24, 2.45) is 0 Å². The zero-order valence-corrected chi connectivity index (χ0v) is 17.0. The third-order valence-electron chi connectivity index (χ3n) is 4.44. The summed E-state index contributed by atoms with van der Waals surface area (Å²) >= 11 is 0. The van der Waals surface area contributed by atoms with Crippen LogP contribution in [-0.2, 0) is 18.2 Å². The summed E-state index contributed by atoms with van der Waals surface area (Å²) in [6.07, 6.45) is -4.70. The molecular formula is C21H22F3N3O3. The highest BCUT2D eigenvalue weighted by Crippen LogP contribution is 2.35. The monoisotopic (exact) mass is 421 g/mol. The summed E-state index contributed by atoms with van der Waals surface area (Å²) in [6, 6.07) is 10.5. The summed E-state index contributed by atoms with van der Waals surface area (Å²) in [5.74, 6) is 0.0467. The van der Waals surface area contributed by atoms with Crippen LogP contribution in [0.4, 0.5) is 18.9 Å². The lowest BCUT2D eigenvalue weighted by Gasteiger charge is -2.19. The number of amides is 1. The van der Waals surface area contributed by atoms with Gasteiger partial charge in [0.25, 0.3) is 5.91 Å². The quantitative estimate of drug-likeness (QED) is 0.573. The number of H-pyrrole nitrogens is 1. The molecular weight excluding hydrogens is 399 g/mol.